The minimum atomic E-state index is -3.60. The van der Waals surface area contributed by atoms with Crippen molar-refractivity contribution in [2.75, 3.05) is 26.0 Å². The van der Waals surface area contributed by atoms with Gasteiger partial charge in [0.25, 0.3) is 0 Å². The molecule has 1 aromatic rings. The largest absolute Gasteiger partial charge is 0.378 e. The number of ether oxygens (including phenoxy) is 1. The van der Waals surface area contributed by atoms with Crippen LogP contribution in [0, 0.1) is 5.82 Å². The van der Waals surface area contributed by atoms with Crippen LogP contribution in [0.1, 0.15) is 24.9 Å². The molecule has 1 aromatic carbocycles. The maximum atomic E-state index is 13.9. The summed E-state index contributed by atoms with van der Waals surface area (Å²) in [7, 11) is -3.60. The van der Waals surface area contributed by atoms with Crippen LogP contribution in [-0.4, -0.2) is 46.4 Å². The monoisotopic (exact) mass is 344 g/mol. The van der Waals surface area contributed by atoms with Crippen molar-refractivity contribution in [3.8, 4) is 0 Å². The first-order valence-electron chi connectivity index (χ1n) is 7.37. The summed E-state index contributed by atoms with van der Waals surface area (Å²) in [4.78, 5) is 11.7. The molecule has 8 heteroatoms. The number of amides is 1. The molecule has 2 N–H and O–H groups in total. The highest BCUT2D eigenvalue weighted by atomic mass is 32.2. The van der Waals surface area contributed by atoms with Gasteiger partial charge in [-0.25, -0.2) is 12.8 Å². The Kier molecular flexibility index (Phi) is 5.72. The van der Waals surface area contributed by atoms with Gasteiger partial charge in [-0.05, 0) is 24.6 Å². The number of nitrogens with one attached hydrogen (secondary N) is 2. The molecule has 0 aromatic heterocycles. The molecule has 1 heterocycles. The molecule has 6 nitrogen and oxygen atoms in total. The number of carbonyl (C=O) groups excluding carboxylic acids is 1. The Bertz CT molecular complexity index is 672. The van der Waals surface area contributed by atoms with Crippen LogP contribution in [0.2, 0.25) is 0 Å². The van der Waals surface area contributed by atoms with Crippen LogP contribution in [-0.2, 0) is 19.4 Å². The maximum absolute atomic E-state index is 13.9. The molecule has 1 aliphatic heterocycles. The van der Waals surface area contributed by atoms with Gasteiger partial charge in [-0.15, -0.1) is 0 Å². The fourth-order valence-electron chi connectivity index (χ4n) is 2.45. The number of halogens is 1. The van der Waals surface area contributed by atoms with Crippen molar-refractivity contribution in [1.82, 2.24) is 10.6 Å². The van der Waals surface area contributed by atoms with Crippen molar-refractivity contribution in [3.05, 3.63) is 29.6 Å². The first-order chi connectivity index (χ1) is 10.8. The minimum absolute atomic E-state index is 0.0275. The number of benzene rings is 1. The van der Waals surface area contributed by atoms with Crippen molar-refractivity contribution in [2.24, 2.45) is 0 Å². The molecule has 128 valence electrons. The molecule has 1 fully saturated rings. The molecule has 2 atom stereocenters. The van der Waals surface area contributed by atoms with Crippen LogP contribution in [0.5, 0.6) is 0 Å². The number of morpholine rings is 1. The van der Waals surface area contributed by atoms with Crippen LogP contribution in [0.3, 0.4) is 0 Å². The number of rotatable bonds is 5. The maximum Gasteiger partial charge on any atom is 0.222 e. The zero-order valence-electron chi connectivity index (χ0n) is 13.1. The second-order valence-electron chi connectivity index (χ2n) is 5.68. The quantitative estimate of drug-likeness (QED) is 0.825. The lowest BCUT2D eigenvalue weighted by atomic mass is 10.1. The summed E-state index contributed by atoms with van der Waals surface area (Å²) in [5.74, 6) is -0.985. The minimum Gasteiger partial charge on any atom is -0.378 e. The average Bonchev–Trinajstić information content (AvgIpc) is 2.46. The molecule has 23 heavy (non-hydrogen) atoms. The molecule has 2 rings (SSSR count). The van der Waals surface area contributed by atoms with Gasteiger partial charge in [-0.2, -0.15) is 0 Å². The summed E-state index contributed by atoms with van der Waals surface area (Å²) in [6.45, 7) is 3.56. The van der Waals surface area contributed by atoms with E-state index in [0.29, 0.717) is 25.3 Å². The average molecular weight is 344 g/mol. The molecule has 1 saturated heterocycles. The third kappa shape index (κ3) is 4.98. The highest BCUT2D eigenvalue weighted by molar-refractivity contribution is 7.90. The van der Waals surface area contributed by atoms with Gasteiger partial charge < -0.3 is 15.4 Å². The second-order valence-corrected chi connectivity index (χ2v) is 7.67. The van der Waals surface area contributed by atoms with Crippen LogP contribution in [0.4, 0.5) is 4.39 Å². The number of carbonyl (C=O) groups is 1. The van der Waals surface area contributed by atoms with Gasteiger partial charge in [0.1, 0.15) is 10.7 Å². The Morgan fingerprint density at radius 2 is 2.26 bits per heavy atom. The summed E-state index contributed by atoms with van der Waals surface area (Å²) in [5, 5.41) is 5.96. The summed E-state index contributed by atoms with van der Waals surface area (Å²) < 4.78 is 42.0. The fraction of sp³-hybridized carbons (Fsp3) is 0.533. The van der Waals surface area contributed by atoms with Gasteiger partial charge in [0.05, 0.1) is 19.3 Å². The van der Waals surface area contributed by atoms with Gasteiger partial charge >= 0.3 is 0 Å². The Balaban J connectivity index is 1.98. The molecule has 0 spiro atoms. The van der Waals surface area contributed by atoms with Crippen LogP contribution in [0.25, 0.3) is 0 Å². The van der Waals surface area contributed by atoms with E-state index in [-0.39, 0.29) is 23.3 Å². The number of sulfone groups is 1. The van der Waals surface area contributed by atoms with E-state index in [1.165, 1.54) is 12.1 Å². The molecule has 2 unspecified atom stereocenters. The van der Waals surface area contributed by atoms with Crippen molar-refractivity contribution >= 4 is 15.7 Å². The van der Waals surface area contributed by atoms with E-state index in [1.807, 2.05) is 0 Å². The smallest absolute Gasteiger partial charge is 0.222 e. The normalized spacial score (nSPS) is 20.0. The van der Waals surface area contributed by atoms with Crippen LogP contribution < -0.4 is 10.6 Å². The Labute approximate surface area is 135 Å². The summed E-state index contributed by atoms with van der Waals surface area (Å²) in [5.41, 5.74) is 0.510. The Hall–Kier alpha value is -1.51. The standard InChI is InChI=1S/C15H21FN2O4S/c1-10(18-15(19)8-12-9-22-6-5-17-12)11-3-4-14(13(16)7-11)23(2,20)21/h3-4,7,10,12,17H,5-6,8-9H2,1-2H3,(H,18,19). The third-order valence-corrected chi connectivity index (χ3v) is 4.79. The Morgan fingerprint density at radius 1 is 1.52 bits per heavy atom. The molecule has 0 radical (unpaired) electrons. The summed E-state index contributed by atoms with van der Waals surface area (Å²) in [6, 6.07) is 3.42. The van der Waals surface area contributed by atoms with Gasteiger partial charge in [0.2, 0.25) is 5.91 Å². The molecular formula is C15H21FN2O4S. The predicted molar refractivity (Wildman–Crippen MR) is 83.3 cm³/mol. The third-order valence-electron chi connectivity index (χ3n) is 3.66. The van der Waals surface area contributed by atoms with Crippen LogP contribution >= 0.6 is 0 Å². The molecule has 0 aliphatic carbocycles. The highest BCUT2D eigenvalue weighted by Crippen LogP contribution is 2.20. The van der Waals surface area contributed by atoms with Crippen molar-refractivity contribution in [3.63, 3.8) is 0 Å². The lowest BCUT2D eigenvalue weighted by Crippen LogP contribution is -2.44. The van der Waals surface area contributed by atoms with E-state index in [2.05, 4.69) is 10.6 Å². The molecule has 0 saturated carbocycles. The zero-order valence-corrected chi connectivity index (χ0v) is 14.0. The van der Waals surface area contributed by atoms with Gasteiger partial charge in [-0.1, -0.05) is 6.07 Å². The predicted octanol–water partition coefficient (Wildman–Crippen LogP) is 0.785. The summed E-state index contributed by atoms with van der Waals surface area (Å²) in [6.07, 6.45) is 1.23. The van der Waals surface area contributed by atoms with Crippen molar-refractivity contribution in [1.29, 1.82) is 0 Å². The molecule has 1 amide bonds. The lowest BCUT2D eigenvalue weighted by molar-refractivity contribution is -0.122. The highest BCUT2D eigenvalue weighted by Gasteiger charge is 2.20. The van der Waals surface area contributed by atoms with Crippen molar-refractivity contribution in [2.45, 2.75) is 30.3 Å². The molecular weight excluding hydrogens is 323 g/mol. The zero-order chi connectivity index (χ0) is 17.0. The first-order valence-corrected chi connectivity index (χ1v) is 9.26. The van der Waals surface area contributed by atoms with Gasteiger partial charge in [0, 0.05) is 25.3 Å². The summed E-state index contributed by atoms with van der Waals surface area (Å²) >= 11 is 0. The topological polar surface area (TPSA) is 84.5 Å². The van der Waals surface area contributed by atoms with Gasteiger partial charge in [-0.3, -0.25) is 4.79 Å². The van der Waals surface area contributed by atoms with Crippen LogP contribution in [0.15, 0.2) is 23.1 Å². The first kappa shape index (κ1) is 17.8. The number of hydrogen-bond acceptors (Lipinski definition) is 5. The molecule has 1 aliphatic rings. The second kappa shape index (κ2) is 7.37. The van der Waals surface area contributed by atoms with Gasteiger partial charge in [0.15, 0.2) is 9.84 Å². The molecule has 0 bridgehead atoms. The van der Waals surface area contributed by atoms with E-state index < -0.39 is 21.7 Å². The van der Waals surface area contributed by atoms with E-state index in [1.54, 1.807) is 6.92 Å². The fourth-order valence-corrected chi connectivity index (χ4v) is 3.17. The van der Waals surface area contributed by atoms with E-state index in [9.17, 15) is 17.6 Å². The Morgan fingerprint density at radius 3 is 2.83 bits per heavy atom. The van der Waals surface area contributed by atoms with E-state index >= 15 is 0 Å². The number of hydrogen-bond donors (Lipinski definition) is 2. The van der Waals surface area contributed by atoms with E-state index in [4.69, 9.17) is 4.74 Å². The van der Waals surface area contributed by atoms with E-state index in [0.717, 1.165) is 12.3 Å². The lowest BCUT2D eigenvalue weighted by Gasteiger charge is -2.24. The SMILES string of the molecule is CC(NC(=O)CC1COCCN1)c1ccc(S(C)(=O)=O)c(F)c1. The van der Waals surface area contributed by atoms with Crippen molar-refractivity contribution < 1.29 is 22.3 Å².